The molecule has 3 heteroatoms. The predicted octanol–water partition coefficient (Wildman–Crippen LogP) is 2.65. The summed E-state index contributed by atoms with van der Waals surface area (Å²) >= 11 is 7.58. The molecule has 1 heterocycles. The van der Waals surface area contributed by atoms with Gasteiger partial charge in [-0.2, -0.15) is 11.3 Å². The minimum atomic E-state index is 0.769. The van der Waals surface area contributed by atoms with E-state index in [4.69, 9.17) is 11.6 Å². The molecule has 1 N–H and O–H groups in total. The summed E-state index contributed by atoms with van der Waals surface area (Å²) in [5.41, 5.74) is 1.24. The Labute approximate surface area is 75.4 Å². The van der Waals surface area contributed by atoms with Gasteiger partial charge < -0.3 is 5.32 Å². The Bertz CT molecular complexity index is 242. The summed E-state index contributed by atoms with van der Waals surface area (Å²) in [4.78, 5) is 0. The molecule has 0 spiro atoms. The summed E-state index contributed by atoms with van der Waals surface area (Å²) in [6.07, 6.45) is 2.67. The molecule has 0 bridgehead atoms. The van der Waals surface area contributed by atoms with E-state index in [2.05, 4.69) is 10.7 Å². The first kappa shape index (κ1) is 7.59. The van der Waals surface area contributed by atoms with Gasteiger partial charge in [0.15, 0.2) is 0 Å². The molecule has 1 nitrogen and oxygen atoms in total. The molecule has 0 unspecified atom stereocenters. The third-order valence-electron chi connectivity index (χ3n) is 1.85. The Morgan fingerprint density at radius 2 is 2.36 bits per heavy atom. The van der Waals surface area contributed by atoms with Crippen molar-refractivity contribution in [3.8, 4) is 0 Å². The van der Waals surface area contributed by atoms with Crippen LogP contribution >= 0.6 is 22.9 Å². The van der Waals surface area contributed by atoms with Gasteiger partial charge in [0.25, 0.3) is 0 Å². The zero-order chi connectivity index (χ0) is 7.68. The zero-order valence-electron chi connectivity index (χ0n) is 6.14. The smallest absolute Gasteiger partial charge is 0.0557 e. The second kappa shape index (κ2) is 3.13. The summed E-state index contributed by atoms with van der Waals surface area (Å²) in [5, 5.41) is 8.41. The molecule has 60 valence electrons. The maximum Gasteiger partial charge on any atom is 0.0557 e. The van der Waals surface area contributed by atoms with Gasteiger partial charge in [-0.05, 0) is 23.8 Å². The maximum absolute atomic E-state index is 5.91. The van der Waals surface area contributed by atoms with Crippen LogP contribution in [0, 0.1) is 0 Å². The van der Waals surface area contributed by atoms with Gasteiger partial charge in [0.1, 0.15) is 0 Å². The van der Waals surface area contributed by atoms with E-state index in [9.17, 15) is 0 Å². The van der Waals surface area contributed by atoms with Gasteiger partial charge in [-0.25, -0.2) is 0 Å². The minimum Gasteiger partial charge on any atom is -0.310 e. The van der Waals surface area contributed by atoms with Crippen molar-refractivity contribution in [1.82, 2.24) is 5.32 Å². The molecule has 1 aliphatic rings. The lowest BCUT2D eigenvalue weighted by Gasteiger charge is -1.99. The van der Waals surface area contributed by atoms with Crippen LogP contribution in [0.5, 0.6) is 0 Å². The molecular weight excluding hydrogens is 178 g/mol. The van der Waals surface area contributed by atoms with Gasteiger partial charge in [-0.15, -0.1) is 0 Å². The first-order chi connectivity index (χ1) is 5.36. The van der Waals surface area contributed by atoms with Crippen LogP contribution in [0.4, 0.5) is 0 Å². The largest absolute Gasteiger partial charge is 0.310 e. The quantitative estimate of drug-likeness (QED) is 0.768. The molecule has 0 aliphatic heterocycles. The highest BCUT2D eigenvalue weighted by Gasteiger charge is 2.20. The van der Waals surface area contributed by atoms with Crippen LogP contribution in [0.2, 0.25) is 5.02 Å². The van der Waals surface area contributed by atoms with Crippen LogP contribution in [0.3, 0.4) is 0 Å². The van der Waals surface area contributed by atoms with E-state index >= 15 is 0 Å². The highest BCUT2D eigenvalue weighted by Crippen LogP contribution is 2.23. The van der Waals surface area contributed by atoms with Gasteiger partial charge >= 0.3 is 0 Å². The van der Waals surface area contributed by atoms with Gasteiger partial charge in [-0.1, -0.05) is 11.6 Å². The van der Waals surface area contributed by atoms with Gasteiger partial charge in [0.05, 0.1) is 5.02 Å². The lowest BCUT2D eigenvalue weighted by molar-refractivity contribution is 0.689. The fraction of sp³-hybridized carbons (Fsp3) is 0.500. The van der Waals surface area contributed by atoms with E-state index in [0.717, 1.165) is 17.6 Å². The van der Waals surface area contributed by atoms with E-state index in [1.54, 1.807) is 11.3 Å². The molecule has 1 aromatic heterocycles. The van der Waals surface area contributed by atoms with Crippen LogP contribution in [0.25, 0.3) is 0 Å². The van der Waals surface area contributed by atoms with Gasteiger partial charge in [0.2, 0.25) is 0 Å². The lowest BCUT2D eigenvalue weighted by atomic mass is 10.3. The van der Waals surface area contributed by atoms with E-state index in [1.807, 2.05) is 5.38 Å². The number of hydrogen-bond donors (Lipinski definition) is 1. The number of halogens is 1. The fourth-order valence-corrected chi connectivity index (χ4v) is 2.03. The highest BCUT2D eigenvalue weighted by molar-refractivity contribution is 7.08. The fourth-order valence-electron chi connectivity index (χ4n) is 0.976. The normalized spacial score (nSPS) is 17.2. The predicted molar refractivity (Wildman–Crippen MR) is 49.2 cm³/mol. The van der Waals surface area contributed by atoms with Crippen molar-refractivity contribution in [3.63, 3.8) is 0 Å². The molecule has 0 radical (unpaired) electrons. The summed E-state index contributed by atoms with van der Waals surface area (Å²) in [6, 6.07) is 0.769. The van der Waals surface area contributed by atoms with Crippen LogP contribution in [0.15, 0.2) is 10.8 Å². The second-order valence-electron chi connectivity index (χ2n) is 2.90. The number of hydrogen-bond acceptors (Lipinski definition) is 2. The first-order valence-corrected chi connectivity index (χ1v) is 5.12. The molecule has 0 atom stereocenters. The van der Waals surface area contributed by atoms with Gasteiger partial charge in [0, 0.05) is 18.0 Å². The second-order valence-corrected chi connectivity index (χ2v) is 4.05. The van der Waals surface area contributed by atoms with Gasteiger partial charge in [-0.3, -0.25) is 0 Å². The molecule has 1 aliphatic carbocycles. The Hall–Kier alpha value is -0.0500. The first-order valence-electron chi connectivity index (χ1n) is 3.80. The third kappa shape index (κ3) is 1.95. The Morgan fingerprint density at radius 1 is 1.55 bits per heavy atom. The summed E-state index contributed by atoms with van der Waals surface area (Å²) < 4.78 is 0. The minimum absolute atomic E-state index is 0.769. The number of rotatable bonds is 3. The van der Waals surface area contributed by atoms with Crippen LogP contribution in [-0.4, -0.2) is 6.04 Å². The van der Waals surface area contributed by atoms with Crippen molar-refractivity contribution in [2.24, 2.45) is 0 Å². The van der Waals surface area contributed by atoms with E-state index in [1.165, 1.54) is 18.4 Å². The monoisotopic (exact) mass is 187 g/mol. The molecule has 11 heavy (non-hydrogen) atoms. The molecule has 0 aromatic carbocycles. The molecule has 0 amide bonds. The van der Waals surface area contributed by atoms with E-state index < -0.39 is 0 Å². The highest BCUT2D eigenvalue weighted by atomic mass is 35.5. The van der Waals surface area contributed by atoms with Crippen molar-refractivity contribution in [1.29, 1.82) is 0 Å². The van der Waals surface area contributed by atoms with E-state index in [0.29, 0.717) is 0 Å². The zero-order valence-corrected chi connectivity index (χ0v) is 7.71. The maximum atomic E-state index is 5.91. The standard InChI is InChI=1S/C8H10ClNS/c9-8-5-11-4-6(8)3-10-7-1-2-7/h4-5,7,10H,1-3H2. The van der Waals surface area contributed by atoms with Crippen molar-refractivity contribution in [3.05, 3.63) is 21.3 Å². The molecule has 1 aromatic rings. The molecule has 2 rings (SSSR count). The third-order valence-corrected chi connectivity index (χ3v) is 3.12. The Morgan fingerprint density at radius 3 is 2.91 bits per heavy atom. The molecule has 1 fully saturated rings. The number of nitrogens with one attached hydrogen (secondary N) is 1. The van der Waals surface area contributed by atoms with Crippen molar-refractivity contribution in [2.45, 2.75) is 25.4 Å². The Kier molecular flexibility index (Phi) is 2.16. The topological polar surface area (TPSA) is 12.0 Å². The molecule has 1 saturated carbocycles. The summed E-state index contributed by atoms with van der Waals surface area (Å²) in [5.74, 6) is 0. The molecule has 0 saturated heterocycles. The summed E-state index contributed by atoms with van der Waals surface area (Å²) in [7, 11) is 0. The Balaban J connectivity index is 1.89. The number of thiophene rings is 1. The van der Waals surface area contributed by atoms with Crippen LogP contribution in [0.1, 0.15) is 18.4 Å². The van der Waals surface area contributed by atoms with E-state index in [-0.39, 0.29) is 0 Å². The average molecular weight is 188 g/mol. The van der Waals surface area contributed by atoms with Crippen LogP contribution < -0.4 is 5.32 Å². The van der Waals surface area contributed by atoms with Crippen molar-refractivity contribution < 1.29 is 0 Å². The van der Waals surface area contributed by atoms with Crippen LogP contribution in [-0.2, 0) is 6.54 Å². The lowest BCUT2D eigenvalue weighted by Crippen LogP contribution is -2.14. The summed E-state index contributed by atoms with van der Waals surface area (Å²) in [6.45, 7) is 0.937. The average Bonchev–Trinajstić information content (AvgIpc) is 2.73. The molecular formula is C8H10ClNS. The van der Waals surface area contributed by atoms with Crippen molar-refractivity contribution >= 4 is 22.9 Å². The van der Waals surface area contributed by atoms with Crippen molar-refractivity contribution in [2.75, 3.05) is 0 Å². The SMILES string of the molecule is Clc1cscc1CNC1CC1.